The normalized spacial score (nSPS) is 13.8. The highest BCUT2D eigenvalue weighted by Gasteiger charge is 2.28. The molecule has 5 N–H and O–H groups in total. The molecule has 32 heavy (non-hydrogen) atoms. The minimum Gasteiger partial charge on any atom is -0.505 e. The Hall–Kier alpha value is -2.94. The van der Waals surface area contributed by atoms with Crippen LogP contribution in [0, 0.1) is 6.92 Å². The molecule has 1 heterocycles. The number of benzene rings is 1. The van der Waals surface area contributed by atoms with Crippen molar-refractivity contribution in [2.24, 2.45) is 10.7 Å². The van der Waals surface area contributed by atoms with Crippen LogP contribution in [0.3, 0.4) is 0 Å². The number of amides is 1. The molecule has 0 aliphatic rings. The van der Waals surface area contributed by atoms with Gasteiger partial charge < -0.3 is 20.2 Å². The molecule has 0 aliphatic heterocycles. The number of hydrogen-bond donors (Lipinski definition) is 5. The molecule has 8 nitrogen and oxygen atoms in total. The lowest BCUT2D eigenvalue weighted by atomic mass is 9.82. The second-order valence-corrected chi connectivity index (χ2v) is 9.07. The number of nitrogens with two attached hydrogens (primary N) is 1. The van der Waals surface area contributed by atoms with Gasteiger partial charge in [-0.15, -0.1) is 0 Å². The first-order chi connectivity index (χ1) is 14.9. The Morgan fingerprint density at radius 1 is 1.31 bits per heavy atom. The maximum Gasteiger partial charge on any atom is 0.322 e. The number of phenolic OH excluding ortho intramolecular Hbond substituents is 1. The zero-order valence-electron chi connectivity index (χ0n) is 19.8. The molecule has 0 saturated carbocycles. The minimum absolute atomic E-state index is 0.0730. The lowest BCUT2D eigenvalue weighted by molar-refractivity contribution is -0.513. The first-order valence-electron chi connectivity index (χ1n) is 10.4. The average Bonchev–Trinajstić information content (AvgIpc) is 3.14. The largest absolute Gasteiger partial charge is 0.505 e. The first-order valence-corrected chi connectivity index (χ1v) is 10.9. The Morgan fingerprint density at radius 2 is 1.97 bits per heavy atom. The maximum absolute atomic E-state index is 12.8. The summed E-state index contributed by atoms with van der Waals surface area (Å²) in [4.78, 5) is 21.9. The van der Waals surface area contributed by atoms with E-state index >= 15 is 0 Å². The van der Waals surface area contributed by atoms with Crippen molar-refractivity contribution in [3.8, 4) is 5.75 Å². The Kier molecular flexibility index (Phi) is 8.01. The summed E-state index contributed by atoms with van der Waals surface area (Å²) >= 11 is 4.15. The van der Waals surface area contributed by atoms with Crippen molar-refractivity contribution in [1.82, 2.24) is 9.62 Å². The molecule has 0 unspecified atom stereocenters. The molecular weight excluding hydrogens is 426 g/mol. The van der Waals surface area contributed by atoms with E-state index in [-0.39, 0.29) is 40.2 Å². The van der Waals surface area contributed by atoms with Gasteiger partial charge in [-0.1, -0.05) is 33.8 Å². The van der Waals surface area contributed by atoms with Crippen molar-refractivity contribution in [3.63, 3.8) is 0 Å². The Labute approximate surface area is 195 Å². The molecule has 0 fully saturated rings. The molecule has 0 spiro atoms. The van der Waals surface area contributed by atoms with Crippen LogP contribution in [-0.4, -0.2) is 41.7 Å². The van der Waals surface area contributed by atoms with E-state index in [4.69, 9.17) is 10.2 Å². The highest BCUT2D eigenvalue weighted by molar-refractivity contribution is 7.78. The molecule has 0 aliphatic carbocycles. The van der Waals surface area contributed by atoms with Gasteiger partial charge in [0.15, 0.2) is 11.8 Å². The van der Waals surface area contributed by atoms with E-state index in [0.29, 0.717) is 5.84 Å². The molecule has 9 heteroatoms. The average molecular weight is 461 g/mol. The summed E-state index contributed by atoms with van der Waals surface area (Å²) in [6.45, 7) is 9.83. The van der Waals surface area contributed by atoms with Gasteiger partial charge in [0.1, 0.15) is 17.2 Å². The van der Waals surface area contributed by atoms with Gasteiger partial charge in [0.05, 0.1) is 5.56 Å². The van der Waals surface area contributed by atoms with Crippen molar-refractivity contribution in [1.29, 1.82) is 0 Å². The molecule has 2 rings (SSSR count). The third-order valence-electron chi connectivity index (χ3n) is 5.02. The van der Waals surface area contributed by atoms with Crippen LogP contribution >= 0.6 is 12.8 Å². The number of hydrogen-bond acceptors (Lipinski definition) is 5. The molecule has 1 amide bonds. The van der Waals surface area contributed by atoms with Crippen LogP contribution in [0.5, 0.6) is 5.75 Å². The molecule has 1 atom stereocenters. The van der Waals surface area contributed by atoms with Crippen LogP contribution in [0.2, 0.25) is 0 Å². The molecule has 2 aromatic rings. The number of amidine groups is 2. The van der Waals surface area contributed by atoms with Crippen LogP contribution in [0.25, 0.3) is 0 Å². The Morgan fingerprint density at radius 3 is 2.44 bits per heavy atom. The van der Waals surface area contributed by atoms with Crippen molar-refractivity contribution < 1.29 is 19.3 Å². The fraction of sp³-hybridized carbons (Fsp3) is 0.435. The summed E-state index contributed by atoms with van der Waals surface area (Å²) in [5.74, 6) is 1.47. The van der Waals surface area contributed by atoms with E-state index in [9.17, 15) is 9.90 Å². The number of phenols is 1. The quantitative estimate of drug-likeness (QED) is 0.267. The van der Waals surface area contributed by atoms with Crippen LogP contribution in [-0.2, 0) is 5.41 Å². The predicted molar refractivity (Wildman–Crippen MR) is 131 cm³/mol. The third-order valence-corrected chi connectivity index (χ3v) is 5.25. The van der Waals surface area contributed by atoms with Gasteiger partial charge in [-0.3, -0.25) is 9.79 Å². The van der Waals surface area contributed by atoms with Crippen LogP contribution in [0.15, 0.2) is 33.7 Å². The van der Waals surface area contributed by atoms with E-state index in [1.165, 1.54) is 4.90 Å². The van der Waals surface area contributed by atoms with Gasteiger partial charge in [0.25, 0.3) is 5.91 Å². The summed E-state index contributed by atoms with van der Waals surface area (Å²) in [6.07, 6.45) is 0.728. The number of aromatic hydroxyl groups is 1. The number of thiol groups is 1. The van der Waals surface area contributed by atoms with E-state index in [1.54, 1.807) is 26.2 Å². The zero-order valence-corrected chi connectivity index (χ0v) is 20.7. The van der Waals surface area contributed by atoms with E-state index < -0.39 is 0 Å². The van der Waals surface area contributed by atoms with Crippen molar-refractivity contribution in [3.05, 3.63) is 46.9 Å². The van der Waals surface area contributed by atoms with Gasteiger partial charge in [0.2, 0.25) is 5.84 Å². The molecule has 1 aromatic carbocycles. The second kappa shape index (κ2) is 10.1. The number of furan rings is 1. The van der Waals surface area contributed by atoms with Gasteiger partial charge in [-0.2, -0.15) is 0 Å². The summed E-state index contributed by atoms with van der Waals surface area (Å²) in [7, 11) is 3.28. The van der Waals surface area contributed by atoms with E-state index in [1.807, 2.05) is 46.8 Å². The Balaban J connectivity index is 2.55. The zero-order chi connectivity index (χ0) is 24.2. The first kappa shape index (κ1) is 25.3. The summed E-state index contributed by atoms with van der Waals surface area (Å²) in [6, 6.07) is 7.08. The SMILES string of the molecule is CC[C@@H]([NH+]=C(NS)C(N)=Nc1ccc(C(C)(C)C)c(C(=O)N(C)C)c1O)c1ccc(C)o1. The van der Waals surface area contributed by atoms with Crippen molar-refractivity contribution >= 4 is 36.1 Å². The molecular formula is C23H34N5O3S+. The minimum atomic E-state index is -0.354. The van der Waals surface area contributed by atoms with Gasteiger partial charge in [-0.05, 0) is 42.5 Å². The molecule has 0 saturated heterocycles. The topological polar surface area (TPSA) is 118 Å². The number of nitrogens with zero attached hydrogens (tertiary/aromatic N) is 2. The number of nitrogens with one attached hydrogen (secondary N) is 2. The highest BCUT2D eigenvalue weighted by Crippen LogP contribution is 2.38. The van der Waals surface area contributed by atoms with E-state index in [2.05, 4.69) is 27.5 Å². The van der Waals surface area contributed by atoms with Crippen LogP contribution in [0.4, 0.5) is 5.69 Å². The number of aliphatic imine (C=N–C) groups is 1. The standard InChI is InChI=1S/C23H33N5O3S/c1-8-15(17-12-9-13(2)31-17)26-21(27-32)20(24)25-16-11-10-14(23(3,4)5)18(19(16)29)22(30)28(6)7/h9-12,15,29,32H,8H2,1-7H3,(H2,24,25)(H,26,27)/p+1/t15-/m1/s1. The highest BCUT2D eigenvalue weighted by atomic mass is 32.1. The van der Waals surface area contributed by atoms with E-state index in [0.717, 1.165) is 23.5 Å². The lowest BCUT2D eigenvalue weighted by Gasteiger charge is -2.25. The van der Waals surface area contributed by atoms with Crippen molar-refractivity contribution in [2.75, 3.05) is 14.1 Å². The summed E-state index contributed by atoms with van der Waals surface area (Å²) < 4.78 is 8.44. The second-order valence-electron chi connectivity index (χ2n) is 8.84. The third kappa shape index (κ3) is 5.64. The van der Waals surface area contributed by atoms with Crippen LogP contribution < -0.4 is 15.4 Å². The number of rotatable bonds is 5. The fourth-order valence-electron chi connectivity index (χ4n) is 3.27. The van der Waals surface area contributed by atoms with Gasteiger partial charge >= 0.3 is 5.84 Å². The smallest absolute Gasteiger partial charge is 0.322 e. The fourth-order valence-corrected chi connectivity index (χ4v) is 3.45. The lowest BCUT2D eigenvalue weighted by Crippen LogP contribution is -2.79. The number of aryl methyl sites for hydroxylation is 1. The van der Waals surface area contributed by atoms with Crippen LogP contribution in [0.1, 0.15) is 67.6 Å². The summed E-state index contributed by atoms with van der Waals surface area (Å²) in [5, 5.41) is 11.0. The molecule has 0 bridgehead atoms. The number of carbonyl (C=O) groups excluding carboxylic acids is 1. The Bertz CT molecular complexity index is 1030. The van der Waals surface area contributed by atoms with Gasteiger partial charge in [0, 0.05) is 26.9 Å². The van der Waals surface area contributed by atoms with Gasteiger partial charge in [-0.25, -0.2) is 9.71 Å². The number of carbonyl (C=O) groups is 1. The summed E-state index contributed by atoms with van der Waals surface area (Å²) in [5.41, 5.74) is 6.99. The molecule has 0 radical (unpaired) electrons. The molecule has 1 aromatic heterocycles. The van der Waals surface area contributed by atoms with Crippen molar-refractivity contribution in [2.45, 2.75) is 52.5 Å². The monoisotopic (exact) mass is 460 g/mol. The molecule has 174 valence electrons. The predicted octanol–water partition coefficient (Wildman–Crippen LogP) is 2.35. The maximum atomic E-state index is 12.8.